The number of urea groups is 1. The van der Waals surface area contributed by atoms with Gasteiger partial charge in [0.15, 0.2) is 0 Å². The minimum absolute atomic E-state index is 0.0617. The lowest BCUT2D eigenvalue weighted by atomic mass is 10.1. The average Bonchev–Trinajstić information content (AvgIpc) is 2.39. The molecule has 5 nitrogen and oxygen atoms in total. The highest BCUT2D eigenvalue weighted by Crippen LogP contribution is 2.20. The number of halogens is 1. The first-order valence-corrected chi connectivity index (χ1v) is 6.06. The van der Waals surface area contributed by atoms with E-state index in [0.717, 1.165) is 0 Å². The zero-order valence-corrected chi connectivity index (χ0v) is 11.1. The monoisotopic (exact) mass is 270 g/mol. The molecule has 106 valence electrons. The fraction of sp³-hybridized carbons (Fsp3) is 0.462. The van der Waals surface area contributed by atoms with Gasteiger partial charge in [0, 0.05) is 19.2 Å². The number of ether oxygens (including phenoxy) is 1. The van der Waals surface area contributed by atoms with E-state index in [1.807, 2.05) is 6.92 Å². The molecule has 0 spiro atoms. The highest BCUT2D eigenvalue weighted by Gasteiger charge is 2.09. The molecule has 3 N–H and O–H groups in total. The largest absolute Gasteiger partial charge is 0.497 e. The molecule has 0 saturated carbocycles. The zero-order chi connectivity index (χ0) is 14.3. The highest BCUT2D eigenvalue weighted by molar-refractivity contribution is 5.89. The van der Waals surface area contributed by atoms with Crippen LogP contribution in [0.3, 0.4) is 0 Å². The van der Waals surface area contributed by atoms with E-state index in [2.05, 4.69) is 10.6 Å². The van der Waals surface area contributed by atoms with Gasteiger partial charge in [0.1, 0.15) is 11.6 Å². The van der Waals surface area contributed by atoms with Gasteiger partial charge in [-0.15, -0.1) is 0 Å². The van der Waals surface area contributed by atoms with Gasteiger partial charge in [-0.05, 0) is 24.5 Å². The van der Waals surface area contributed by atoms with Crippen molar-refractivity contribution in [3.8, 4) is 5.75 Å². The average molecular weight is 270 g/mol. The third-order valence-corrected chi connectivity index (χ3v) is 2.65. The molecule has 1 atom stereocenters. The van der Waals surface area contributed by atoms with E-state index in [-0.39, 0.29) is 18.2 Å². The Kier molecular flexibility index (Phi) is 6.08. The van der Waals surface area contributed by atoms with Crippen LogP contribution in [-0.4, -0.2) is 31.4 Å². The number of aliphatic hydroxyl groups excluding tert-OH is 1. The molecular formula is C13H19FN2O3. The summed E-state index contributed by atoms with van der Waals surface area (Å²) >= 11 is 0. The van der Waals surface area contributed by atoms with Gasteiger partial charge in [-0.3, -0.25) is 0 Å². The Morgan fingerprint density at radius 3 is 2.89 bits per heavy atom. The second kappa shape index (κ2) is 7.58. The fourth-order valence-corrected chi connectivity index (χ4v) is 1.48. The predicted octanol–water partition coefficient (Wildman–Crippen LogP) is 1.97. The minimum Gasteiger partial charge on any atom is -0.497 e. The summed E-state index contributed by atoms with van der Waals surface area (Å²) in [6, 6.07) is 3.62. The number of anilines is 1. The van der Waals surface area contributed by atoms with E-state index in [1.54, 1.807) is 0 Å². The number of amides is 2. The lowest BCUT2D eigenvalue weighted by Crippen LogP contribution is -2.32. The molecular weight excluding hydrogens is 251 g/mol. The summed E-state index contributed by atoms with van der Waals surface area (Å²) in [6.07, 6.45) is 0.605. The summed E-state index contributed by atoms with van der Waals surface area (Å²) in [5.41, 5.74) is 0.0617. The van der Waals surface area contributed by atoms with Crippen molar-refractivity contribution in [3.63, 3.8) is 0 Å². The Balaban J connectivity index is 2.52. The van der Waals surface area contributed by atoms with Crippen molar-refractivity contribution < 1.29 is 19.0 Å². The Morgan fingerprint density at radius 2 is 2.26 bits per heavy atom. The van der Waals surface area contributed by atoms with Crippen LogP contribution in [0.1, 0.15) is 13.3 Å². The summed E-state index contributed by atoms with van der Waals surface area (Å²) in [4.78, 5) is 11.6. The maximum Gasteiger partial charge on any atom is 0.319 e. The number of benzene rings is 1. The van der Waals surface area contributed by atoms with Crippen molar-refractivity contribution in [2.24, 2.45) is 5.92 Å². The van der Waals surface area contributed by atoms with E-state index in [0.29, 0.717) is 18.7 Å². The molecule has 0 fully saturated rings. The Labute approximate surface area is 111 Å². The Hall–Kier alpha value is -1.82. The first-order chi connectivity index (χ1) is 9.06. The third kappa shape index (κ3) is 5.13. The molecule has 0 bridgehead atoms. The molecule has 1 aromatic carbocycles. The first kappa shape index (κ1) is 15.2. The van der Waals surface area contributed by atoms with Gasteiger partial charge < -0.3 is 20.5 Å². The number of carbonyl (C=O) groups is 1. The van der Waals surface area contributed by atoms with Crippen molar-refractivity contribution in [3.05, 3.63) is 24.0 Å². The van der Waals surface area contributed by atoms with Crippen LogP contribution >= 0.6 is 0 Å². The smallest absolute Gasteiger partial charge is 0.319 e. The van der Waals surface area contributed by atoms with Gasteiger partial charge in [0.25, 0.3) is 0 Å². The van der Waals surface area contributed by atoms with Gasteiger partial charge in [-0.1, -0.05) is 6.92 Å². The standard InChI is InChI=1S/C13H19FN2O3/c1-9(5-6-17)8-15-13(18)16-12-7-10(19-2)3-4-11(12)14/h3-4,7,9,17H,5-6,8H2,1-2H3,(H2,15,16,18). The normalized spacial score (nSPS) is 11.8. The topological polar surface area (TPSA) is 70.6 Å². The van der Waals surface area contributed by atoms with E-state index in [4.69, 9.17) is 9.84 Å². The molecule has 0 radical (unpaired) electrons. The van der Waals surface area contributed by atoms with Crippen LogP contribution in [0.4, 0.5) is 14.9 Å². The van der Waals surface area contributed by atoms with Gasteiger partial charge in [0.2, 0.25) is 0 Å². The SMILES string of the molecule is COc1ccc(F)c(NC(=O)NCC(C)CCO)c1. The molecule has 19 heavy (non-hydrogen) atoms. The molecule has 0 aliphatic carbocycles. The molecule has 0 aliphatic heterocycles. The molecule has 6 heteroatoms. The first-order valence-electron chi connectivity index (χ1n) is 6.06. The Morgan fingerprint density at radius 1 is 1.53 bits per heavy atom. The van der Waals surface area contributed by atoms with Crippen LogP contribution in [0.25, 0.3) is 0 Å². The number of aliphatic hydroxyl groups is 1. The lowest BCUT2D eigenvalue weighted by Gasteiger charge is -2.13. The van der Waals surface area contributed by atoms with E-state index in [9.17, 15) is 9.18 Å². The van der Waals surface area contributed by atoms with Crippen molar-refractivity contribution in [2.75, 3.05) is 25.6 Å². The van der Waals surface area contributed by atoms with Crippen LogP contribution in [-0.2, 0) is 0 Å². The molecule has 0 aromatic heterocycles. The van der Waals surface area contributed by atoms with Crippen molar-refractivity contribution in [1.82, 2.24) is 5.32 Å². The van der Waals surface area contributed by atoms with Crippen molar-refractivity contribution in [1.29, 1.82) is 0 Å². The molecule has 1 rings (SSSR count). The summed E-state index contributed by atoms with van der Waals surface area (Å²) < 4.78 is 18.4. The molecule has 0 heterocycles. The van der Waals surface area contributed by atoms with Crippen LogP contribution in [0.2, 0.25) is 0 Å². The van der Waals surface area contributed by atoms with E-state index >= 15 is 0 Å². The van der Waals surface area contributed by atoms with Crippen molar-refractivity contribution >= 4 is 11.7 Å². The minimum atomic E-state index is -0.528. The highest BCUT2D eigenvalue weighted by atomic mass is 19.1. The van der Waals surface area contributed by atoms with Gasteiger partial charge in [-0.25, -0.2) is 9.18 Å². The summed E-state index contributed by atoms with van der Waals surface area (Å²) in [6.45, 7) is 2.40. The maximum atomic E-state index is 13.5. The quantitative estimate of drug-likeness (QED) is 0.740. The molecule has 1 aromatic rings. The van der Waals surface area contributed by atoms with Crippen molar-refractivity contribution in [2.45, 2.75) is 13.3 Å². The van der Waals surface area contributed by atoms with Crippen LogP contribution in [0, 0.1) is 11.7 Å². The molecule has 0 aliphatic rings. The molecule has 1 unspecified atom stereocenters. The number of carbonyl (C=O) groups excluding carboxylic acids is 1. The number of methoxy groups -OCH3 is 1. The van der Waals surface area contributed by atoms with Gasteiger partial charge >= 0.3 is 6.03 Å². The fourth-order valence-electron chi connectivity index (χ4n) is 1.48. The molecule has 0 saturated heterocycles. The summed E-state index contributed by atoms with van der Waals surface area (Å²) in [7, 11) is 1.47. The summed E-state index contributed by atoms with van der Waals surface area (Å²) in [5.74, 6) is 0.0932. The van der Waals surface area contributed by atoms with Crippen LogP contribution < -0.4 is 15.4 Å². The second-order valence-corrected chi connectivity index (χ2v) is 4.30. The van der Waals surface area contributed by atoms with Crippen LogP contribution in [0.15, 0.2) is 18.2 Å². The number of hydrogen-bond acceptors (Lipinski definition) is 3. The maximum absolute atomic E-state index is 13.5. The van der Waals surface area contributed by atoms with E-state index < -0.39 is 11.8 Å². The third-order valence-electron chi connectivity index (χ3n) is 2.65. The number of rotatable bonds is 6. The summed E-state index contributed by atoms with van der Waals surface area (Å²) in [5, 5.41) is 13.8. The zero-order valence-electron chi connectivity index (χ0n) is 11.1. The lowest BCUT2D eigenvalue weighted by molar-refractivity contribution is 0.243. The number of nitrogens with one attached hydrogen (secondary N) is 2. The second-order valence-electron chi connectivity index (χ2n) is 4.30. The van der Waals surface area contributed by atoms with Gasteiger partial charge in [0.05, 0.1) is 12.8 Å². The van der Waals surface area contributed by atoms with Crippen LogP contribution in [0.5, 0.6) is 5.75 Å². The number of hydrogen-bond donors (Lipinski definition) is 3. The van der Waals surface area contributed by atoms with Gasteiger partial charge in [-0.2, -0.15) is 0 Å². The molecule has 2 amide bonds. The Bertz CT molecular complexity index is 426. The predicted molar refractivity (Wildman–Crippen MR) is 70.8 cm³/mol. The van der Waals surface area contributed by atoms with E-state index in [1.165, 1.54) is 25.3 Å².